The minimum atomic E-state index is 1.28. The van der Waals surface area contributed by atoms with E-state index in [0.717, 1.165) is 0 Å². The van der Waals surface area contributed by atoms with Crippen molar-refractivity contribution in [2.75, 3.05) is 0 Å². The van der Waals surface area contributed by atoms with Crippen LogP contribution >= 0.6 is 22.7 Å². The molecular weight excluding hydrogens is 400 g/mol. The van der Waals surface area contributed by atoms with E-state index in [1.165, 1.54) is 62.9 Å². The Kier molecular flexibility index (Phi) is 3.40. The number of thiophene rings is 2. The van der Waals surface area contributed by atoms with E-state index in [0.29, 0.717) is 0 Å². The number of hydrogen-bond donors (Lipinski definition) is 0. The van der Waals surface area contributed by atoms with Gasteiger partial charge in [-0.3, -0.25) is 0 Å². The molecule has 5 aromatic carbocycles. The zero-order valence-electron chi connectivity index (χ0n) is 16.0. The molecule has 0 atom stereocenters. The average molecular weight is 416 g/mol. The molecule has 0 unspecified atom stereocenters. The van der Waals surface area contributed by atoms with Crippen LogP contribution in [0.25, 0.3) is 62.9 Å². The number of hydrogen-bond acceptors (Lipinski definition) is 2. The average Bonchev–Trinajstić information content (AvgIpc) is 3.44. The predicted molar refractivity (Wildman–Crippen MR) is 134 cm³/mol. The Hall–Kier alpha value is -3.20. The normalized spacial score (nSPS) is 12.0. The zero-order valence-corrected chi connectivity index (χ0v) is 17.6. The fraction of sp³-hybridized carbons (Fsp3) is 0. The Morgan fingerprint density at radius 2 is 1.47 bits per heavy atom. The summed E-state index contributed by atoms with van der Waals surface area (Å²) >= 11 is 3.72. The minimum Gasteiger partial charge on any atom is -0.143 e. The Morgan fingerprint density at radius 1 is 0.600 bits per heavy atom. The summed E-state index contributed by atoms with van der Waals surface area (Å²) in [5, 5.41) is 11.5. The molecule has 1 radical (unpaired) electrons. The van der Waals surface area contributed by atoms with Crippen LogP contribution in [0.1, 0.15) is 0 Å². The van der Waals surface area contributed by atoms with Gasteiger partial charge in [0.25, 0.3) is 0 Å². The van der Waals surface area contributed by atoms with Crippen LogP contribution < -0.4 is 0 Å². The van der Waals surface area contributed by atoms with Crippen molar-refractivity contribution < 1.29 is 0 Å². The lowest BCUT2D eigenvalue weighted by molar-refractivity contribution is 1.73. The quantitative estimate of drug-likeness (QED) is 0.235. The van der Waals surface area contributed by atoms with Crippen molar-refractivity contribution in [2.45, 2.75) is 0 Å². The van der Waals surface area contributed by atoms with Crippen molar-refractivity contribution in [3.8, 4) is 11.1 Å². The molecule has 0 aliphatic rings. The van der Waals surface area contributed by atoms with Crippen molar-refractivity contribution in [3.05, 3.63) is 96.4 Å². The molecule has 0 spiro atoms. The van der Waals surface area contributed by atoms with Crippen LogP contribution in [-0.2, 0) is 0 Å². The highest BCUT2D eigenvalue weighted by atomic mass is 32.1. The van der Waals surface area contributed by atoms with E-state index >= 15 is 0 Å². The van der Waals surface area contributed by atoms with Gasteiger partial charge in [0.2, 0.25) is 0 Å². The molecule has 7 rings (SSSR count). The Labute approximate surface area is 181 Å². The van der Waals surface area contributed by atoms with E-state index in [9.17, 15) is 0 Å². The van der Waals surface area contributed by atoms with Crippen LogP contribution in [0.3, 0.4) is 0 Å². The molecule has 0 aliphatic heterocycles. The van der Waals surface area contributed by atoms with E-state index in [-0.39, 0.29) is 0 Å². The van der Waals surface area contributed by atoms with Gasteiger partial charge in [-0.2, -0.15) is 0 Å². The monoisotopic (exact) mass is 415 g/mol. The molecule has 0 aliphatic carbocycles. The van der Waals surface area contributed by atoms with Gasteiger partial charge in [0.05, 0.1) is 0 Å². The Balaban J connectivity index is 1.60. The third-order valence-electron chi connectivity index (χ3n) is 6.09. The summed E-state index contributed by atoms with van der Waals surface area (Å²) in [6.07, 6.45) is 0. The summed E-state index contributed by atoms with van der Waals surface area (Å²) in [7, 11) is 0. The smallest absolute Gasteiger partial charge is 0.0433 e. The standard InChI is InChI=1S/C28H15S2/c1-2-7-20-19(6-1)24-14-15-29-27(24)23-13-12-17(16-25(20)23)18-9-5-10-22-21-8-3-4-11-26(21)30-28(18)22/h1,3-16H. The highest BCUT2D eigenvalue weighted by Gasteiger charge is 2.13. The molecule has 2 heteroatoms. The van der Waals surface area contributed by atoms with E-state index in [1.54, 1.807) is 0 Å². The third-order valence-corrected chi connectivity index (χ3v) is 8.26. The van der Waals surface area contributed by atoms with Crippen LogP contribution in [0.5, 0.6) is 0 Å². The Morgan fingerprint density at radius 3 is 2.47 bits per heavy atom. The summed E-state index contributed by atoms with van der Waals surface area (Å²) in [5.41, 5.74) is 2.59. The second kappa shape index (κ2) is 6.15. The van der Waals surface area contributed by atoms with Gasteiger partial charge < -0.3 is 0 Å². The van der Waals surface area contributed by atoms with E-state index < -0.39 is 0 Å². The molecule has 2 aromatic heterocycles. The molecule has 0 saturated carbocycles. The number of fused-ring (bicyclic) bond motifs is 9. The molecule has 0 amide bonds. The first-order chi connectivity index (χ1) is 14.9. The molecule has 30 heavy (non-hydrogen) atoms. The lowest BCUT2D eigenvalue weighted by Gasteiger charge is -2.10. The highest BCUT2D eigenvalue weighted by Crippen LogP contribution is 2.43. The summed E-state index contributed by atoms with van der Waals surface area (Å²) in [5.74, 6) is 0. The second-order valence-corrected chi connectivity index (χ2v) is 9.64. The van der Waals surface area contributed by atoms with Crippen LogP contribution in [0.2, 0.25) is 0 Å². The number of benzene rings is 5. The molecule has 0 fully saturated rings. The Bertz CT molecular complexity index is 1750. The fourth-order valence-electron chi connectivity index (χ4n) is 4.73. The van der Waals surface area contributed by atoms with Gasteiger partial charge in [0.15, 0.2) is 0 Å². The first-order valence-corrected chi connectivity index (χ1v) is 11.7. The minimum absolute atomic E-state index is 1.28. The second-order valence-electron chi connectivity index (χ2n) is 7.68. The van der Waals surface area contributed by atoms with Gasteiger partial charge in [0, 0.05) is 35.6 Å². The van der Waals surface area contributed by atoms with Crippen LogP contribution in [0, 0.1) is 6.07 Å². The lowest BCUT2D eigenvalue weighted by atomic mass is 9.95. The maximum Gasteiger partial charge on any atom is 0.0433 e. The van der Waals surface area contributed by atoms with Gasteiger partial charge in [-0.15, -0.1) is 22.7 Å². The van der Waals surface area contributed by atoms with Crippen LogP contribution in [0.15, 0.2) is 90.3 Å². The van der Waals surface area contributed by atoms with Crippen molar-refractivity contribution in [2.24, 2.45) is 0 Å². The summed E-state index contributed by atoms with van der Waals surface area (Å²) in [6, 6.07) is 34.3. The number of rotatable bonds is 1. The predicted octanol–water partition coefficient (Wildman–Crippen LogP) is 9.04. The van der Waals surface area contributed by atoms with Gasteiger partial charge in [-0.25, -0.2) is 0 Å². The maximum absolute atomic E-state index is 3.30. The van der Waals surface area contributed by atoms with Crippen LogP contribution in [0.4, 0.5) is 0 Å². The summed E-state index contributed by atoms with van der Waals surface area (Å²) < 4.78 is 4.09. The van der Waals surface area contributed by atoms with Crippen molar-refractivity contribution in [1.82, 2.24) is 0 Å². The molecule has 0 bridgehead atoms. The topological polar surface area (TPSA) is 0 Å². The van der Waals surface area contributed by atoms with E-state index in [4.69, 9.17) is 0 Å². The molecule has 0 N–H and O–H groups in total. The zero-order chi connectivity index (χ0) is 19.7. The summed E-state index contributed by atoms with van der Waals surface area (Å²) in [4.78, 5) is 0. The van der Waals surface area contributed by atoms with Gasteiger partial charge >= 0.3 is 0 Å². The molecule has 0 nitrogen and oxygen atoms in total. The highest BCUT2D eigenvalue weighted by molar-refractivity contribution is 7.26. The lowest BCUT2D eigenvalue weighted by Crippen LogP contribution is -1.83. The van der Waals surface area contributed by atoms with Crippen molar-refractivity contribution in [1.29, 1.82) is 0 Å². The molecular formula is C28H15S2. The SMILES string of the molecule is [c]1ccc2c(c1)c1cc(-c3cccc4c3sc3ccccc34)ccc1c1sccc21. The van der Waals surface area contributed by atoms with Crippen molar-refractivity contribution in [3.63, 3.8) is 0 Å². The molecule has 7 aromatic rings. The molecule has 139 valence electrons. The van der Waals surface area contributed by atoms with E-state index in [1.807, 2.05) is 28.7 Å². The van der Waals surface area contributed by atoms with Crippen molar-refractivity contribution >= 4 is 74.5 Å². The van der Waals surface area contributed by atoms with Gasteiger partial charge in [-0.1, -0.05) is 60.7 Å². The first-order valence-electron chi connectivity index (χ1n) is 10.0. The summed E-state index contributed by atoms with van der Waals surface area (Å²) in [6.45, 7) is 0. The van der Waals surface area contributed by atoms with E-state index in [2.05, 4.69) is 90.3 Å². The maximum atomic E-state index is 3.30. The van der Waals surface area contributed by atoms with Gasteiger partial charge in [0.1, 0.15) is 0 Å². The third kappa shape index (κ3) is 2.21. The molecule has 0 saturated heterocycles. The largest absolute Gasteiger partial charge is 0.143 e. The first kappa shape index (κ1) is 16.6. The van der Waals surface area contributed by atoms with Gasteiger partial charge in [-0.05, 0) is 63.0 Å². The molecule has 2 heterocycles. The fourth-order valence-corrected chi connectivity index (χ4v) is 6.91. The van der Waals surface area contributed by atoms with Crippen LogP contribution in [-0.4, -0.2) is 0 Å².